The number of hydrogen-bond donors (Lipinski definition) is 0. The largest absolute Gasteiger partial charge is 0.454 e. The monoisotopic (exact) mass is 423 g/mol. The summed E-state index contributed by atoms with van der Waals surface area (Å²) in [6, 6.07) is 11.0. The minimum absolute atomic E-state index is 0.133. The minimum atomic E-state index is -0.748. The normalized spacial score (nSPS) is 22.9. The van der Waals surface area contributed by atoms with Crippen molar-refractivity contribution in [3.05, 3.63) is 65.5 Å². The molecule has 0 unspecified atom stereocenters. The second-order valence-corrected chi connectivity index (χ2v) is 8.20. The molecule has 1 heterocycles. The van der Waals surface area contributed by atoms with Crippen LogP contribution < -0.4 is 4.90 Å². The Bertz CT molecular complexity index is 1050. The number of rotatable bonds is 5. The predicted molar refractivity (Wildman–Crippen MR) is 110 cm³/mol. The fourth-order valence-electron chi connectivity index (χ4n) is 4.35. The Balaban J connectivity index is 1.46. The third-order valence-corrected chi connectivity index (χ3v) is 6.03. The number of Topliss-reactive ketones (excluding diaryl/α,β-unsaturated/α-hetero) is 1. The van der Waals surface area contributed by atoms with E-state index in [1.165, 1.54) is 29.2 Å². The fourth-order valence-corrected chi connectivity index (χ4v) is 4.35. The lowest BCUT2D eigenvalue weighted by molar-refractivity contribution is -0.122. The first kappa shape index (κ1) is 20.9. The average Bonchev–Trinajstić information content (AvgIpc) is 3.01. The number of ether oxygens (including phenoxy) is 1. The van der Waals surface area contributed by atoms with Gasteiger partial charge in [0.1, 0.15) is 5.82 Å². The van der Waals surface area contributed by atoms with Gasteiger partial charge in [0.25, 0.3) is 0 Å². The Labute approximate surface area is 179 Å². The highest BCUT2D eigenvalue weighted by atomic mass is 19.1. The molecule has 0 spiro atoms. The molecule has 31 heavy (non-hydrogen) atoms. The highest BCUT2D eigenvalue weighted by Crippen LogP contribution is 2.42. The summed E-state index contributed by atoms with van der Waals surface area (Å²) >= 11 is 0. The van der Waals surface area contributed by atoms with Crippen molar-refractivity contribution in [2.24, 2.45) is 17.8 Å². The second-order valence-electron chi connectivity index (χ2n) is 8.20. The molecular formula is C24H22FNO5. The SMILES string of the molecule is C[C@@H]1CC[C@H]2C(=O)N(c3cccc(C(=O)OCC(=O)c4ccc(F)cc4)c3)C(=O)[C@H]2C1. The fraction of sp³-hybridized carbons (Fsp3) is 0.333. The number of carbonyl (C=O) groups excluding carboxylic acids is 4. The molecule has 1 saturated heterocycles. The van der Waals surface area contributed by atoms with Crippen LogP contribution in [0.2, 0.25) is 0 Å². The van der Waals surface area contributed by atoms with Crippen molar-refractivity contribution in [2.75, 3.05) is 11.5 Å². The van der Waals surface area contributed by atoms with E-state index in [0.29, 0.717) is 24.4 Å². The molecule has 2 aliphatic rings. The molecule has 2 aromatic carbocycles. The van der Waals surface area contributed by atoms with Gasteiger partial charge in [0.15, 0.2) is 12.4 Å². The summed E-state index contributed by atoms with van der Waals surface area (Å²) in [5, 5.41) is 0. The van der Waals surface area contributed by atoms with Gasteiger partial charge in [-0.2, -0.15) is 0 Å². The molecular weight excluding hydrogens is 401 g/mol. The zero-order chi connectivity index (χ0) is 22.1. The molecule has 2 aromatic rings. The summed E-state index contributed by atoms with van der Waals surface area (Å²) in [7, 11) is 0. The van der Waals surface area contributed by atoms with Gasteiger partial charge < -0.3 is 4.74 Å². The van der Waals surface area contributed by atoms with Gasteiger partial charge in [-0.3, -0.25) is 19.3 Å². The lowest BCUT2D eigenvalue weighted by Gasteiger charge is -2.25. The van der Waals surface area contributed by atoms with Gasteiger partial charge in [0, 0.05) is 5.56 Å². The molecule has 2 amide bonds. The maximum atomic E-state index is 13.0. The highest BCUT2D eigenvalue weighted by Gasteiger charge is 2.50. The average molecular weight is 423 g/mol. The summed E-state index contributed by atoms with van der Waals surface area (Å²) in [6.07, 6.45) is 2.31. The van der Waals surface area contributed by atoms with E-state index in [2.05, 4.69) is 6.92 Å². The van der Waals surface area contributed by atoms with Crippen molar-refractivity contribution in [3.63, 3.8) is 0 Å². The first-order valence-electron chi connectivity index (χ1n) is 10.3. The number of esters is 1. The van der Waals surface area contributed by atoms with Crippen LogP contribution in [0.4, 0.5) is 10.1 Å². The van der Waals surface area contributed by atoms with E-state index in [9.17, 15) is 23.6 Å². The van der Waals surface area contributed by atoms with Crippen molar-refractivity contribution in [2.45, 2.75) is 26.2 Å². The van der Waals surface area contributed by atoms with Crippen LogP contribution in [0.3, 0.4) is 0 Å². The second kappa shape index (κ2) is 8.41. The molecule has 2 fully saturated rings. The van der Waals surface area contributed by atoms with Crippen molar-refractivity contribution in [1.29, 1.82) is 0 Å². The van der Waals surface area contributed by atoms with E-state index >= 15 is 0 Å². The van der Waals surface area contributed by atoms with Crippen molar-refractivity contribution < 1.29 is 28.3 Å². The van der Waals surface area contributed by atoms with Gasteiger partial charge in [-0.15, -0.1) is 0 Å². The molecule has 1 saturated carbocycles. The van der Waals surface area contributed by atoms with Gasteiger partial charge in [0.2, 0.25) is 11.8 Å². The van der Waals surface area contributed by atoms with Crippen molar-refractivity contribution in [1.82, 2.24) is 0 Å². The molecule has 0 bridgehead atoms. The smallest absolute Gasteiger partial charge is 0.338 e. The number of anilines is 1. The van der Waals surface area contributed by atoms with E-state index in [4.69, 9.17) is 4.74 Å². The Morgan fingerprint density at radius 1 is 1.00 bits per heavy atom. The van der Waals surface area contributed by atoms with Gasteiger partial charge in [0.05, 0.1) is 23.1 Å². The number of nitrogens with zero attached hydrogens (tertiary/aromatic N) is 1. The number of halogens is 1. The molecule has 6 nitrogen and oxygen atoms in total. The molecule has 1 aliphatic carbocycles. The Morgan fingerprint density at radius 3 is 2.45 bits per heavy atom. The molecule has 3 atom stereocenters. The predicted octanol–water partition coefficient (Wildman–Crippen LogP) is 3.79. The maximum absolute atomic E-state index is 13.0. The molecule has 7 heteroatoms. The lowest BCUT2D eigenvalue weighted by Crippen LogP contribution is -2.31. The van der Waals surface area contributed by atoms with E-state index in [1.807, 2.05) is 0 Å². The molecule has 1 aliphatic heterocycles. The van der Waals surface area contributed by atoms with Gasteiger partial charge in [-0.1, -0.05) is 13.0 Å². The number of imide groups is 1. The van der Waals surface area contributed by atoms with Crippen molar-refractivity contribution >= 4 is 29.3 Å². The van der Waals surface area contributed by atoms with Gasteiger partial charge in [-0.05, 0) is 67.6 Å². The Kier molecular flexibility index (Phi) is 5.67. The zero-order valence-electron chi connectivity index (χ0n) is 17.0. The number of ketones is 1. The number of amides is 2. The van der Waals surface area contributed by atoms with E-state index in [0.717, 1.165) is 18.6 Å². The first-order valence-corrected chi connectivity index (χ1v) is 10.3. The molecule has 0 aromatic heterocycles. The Hall–Kier alpha value is -3.35. The highest BCUT2D eigenvalue weighted by molar-refractivity contribution is 6.22. The van der Waals surface area contributed by atoms with Gasteiger partial charge in [-0.25, -0.2) is 9.18 Å². The number of carbonyl (C=O) groups is 4. The summed E-state index contributed by atoms with van der Waals surface area (Å²) in [6.45, 7) is 1.58. The Morgan fingerprint density at radius 2 is 1.71 bits per heavy atom. The quantitative estimate of drug-likeness (QED) is 0.415. The summed E-state index contributed by atoms with van der Waals surface area (Å²) in [4.78, 5) is 51.5. The molecule has 0 N–H and O–H groups in total. The van der Waals surface area contributed by atoms with E-state index in [1.54, 1.807) is 12.1 Å². The first-order chi connectivity index (χ1) is 14.8. The topological polar surface area (TPSA) is 80.8 Å². The minimum Gasteiger partial charge on any atom is -0.454 e. The summed E-state index contributed by atoms with van der Waals surface area (Å²) in [5.74, 6) is -2.33. The lowest BCUT2D eigenvalue weighted by atomic mass is 9.76. The number of fused-ring (bicyclic) bond motifs is 1. The van der Waals surface area contributed by atoms with Crippen LogP contribution in [0.25, 0.3) is 0 Å². The molecule has 0 radical (unpaired) electrons. The van der Waals surface area contributed by atoms with Crippen molar-refractivity contribution in [3.8, 4) is 0 Å². The number of hydrogen-bond acceptors (Lipinski definition) is 5. The van der Waals surface area contributed by atoms with Crippen LogP contribution in [-0.4, -0.2) is 30.2 Å². The third-order valence-electron chi connectivity index (χ3n) is 6.03. The zero-order valence-corrected chi connectivity index (χ0v) is 17.0. The van der Waals surface area contributed by atoms with E-state index < -0.39 is 24.2 Å². The number of benzene rings is 2. The maximum Gasteiger partial charge on any atom is 0.338 e. The van der Waals surface area contributed by atoms with Gasteiger partial charge >= 0.3 is 5.97 Å². The molecule has 4 rings (SSSR count). The van der Waals surface area contributed by atoms with Crippen LogP contribution in [0.15, 0.2) is 48.5 Å². The van der Waals surface area contributed by atoms with Crippen LogP contribution in [0.5, 0.6) is 0 Å². The van der Waals surface area contributed by atoms with Crippen LogP contribution >= 0.6 is 0 Å². The van der Waals surface area contributed by atoms with Crippen LogP contribution in [0.1, 0.15) is 46.9 Å². The van der Waals surface area contributed by atoms with E-state index in [-0.39, 0.29) is 34.8 Å². The van der Waals surface area contributed by atoms with Crippen LogP contribution in [-0.2, 0) is 14.3 Å². The standard InChI is InChI=1S/C24H22FNO5/c1-14-5-10-19-20(11-14)23(29)26(22(19)28)18-4-2-3-16(12-18)24(30)31-13-21(27)15-6-8-17(25)9-7-15/h2-4,6-9,12,14,19-20H,5,10-11,13H2,1H3/t14-,19-,20+/m1/s1. The molecule has 160 valence electrons. The summed E-state index contributed by atoms with van der Waals surface area (Å²) < 4.78 is 18.1. The summed E-state index contributed by atoms with van der Waals surface area (Å²) in [5.41, 5.74) is 0.692. The van der Waals surface area contributed by atoms with Crippen LogP contribution in [0, 0.1) is 23.6 Å². The third kappa shape index (κ3) is 4.13.